The number of ether oxygens (including phenoxy) is 2. The van der Waals surface area contributed by atoms with E-state index in [0.717, 1.165) is 6.07 Å². The highest BCUT2D eigenvalue weighted by atomic mass is 19.3. The first kappa shape index (κ1) is 14.9. The summed E-state index contributed by atoms with van der Waals surface area (Å²) in [6.45, 7) is 1.87. The zero-order valence-corrected chi connectivity index (χ0v) is 10.6. The quantitative estimate of drug-likeness (QED) is 0.771. The SMILES string of the molecule is CCOC(=O)Cc1cc(OC)c(C#N)c(C(F)F)c1. The summed E-state index contributed by atoms with van der Waals surface area (Å²) in [6, 6.07) is 4.20. The van der Waals surface area contributed by atoms with Gasteiger partial charge in [0, 0.05) is 5.56 Å². The van der Waals surface area contributed by atoms with Crippen molar-refractivity contribution in [3.05, 3.63) is 28.8 Å². The Bertz CT molecular complexity index is 509. The second-order valence-electron chi connectivity index (χ2n) is 3.66. The van der Waals surface area contributed by atoms with E-state index < -0.39 is 18.0 Å². The van der Waals surface area contributed by atoms with Gasteiger partial charge >= 0.3 is 5.97 Å². The van der Waals surface area contributed by atoms with Gasteiger partial charge in [-0.1, -0.05) is 0 Å². The van der Waals surface area contributed by atoms with Crippen molar-refractivity contribution in [3.8, 4) is 11.8 Å². The average molecular weight is 269 g/mol. The fourth-order valence-electron chi connectivity index (χ4n) is 1.63. The Hall–Kier alpha value is -2.16. The van der Waals surface area contributed by atoms with E-state index in [-0.39, 0.29) is 24.3 Å². The molecule has 1 aromatic carbocycles. The van der Waals surface area contributed by atoms with Crippen LogP contribution in [0.5, 0.6) is 5.75 Å². The van der Waals surface area contributed by atoms with Gasteiger partial charge in [-0.25, -0.2) is 8.78 Å². The summed E-state index contributed by atoms with van der Waals surface area (Å²) < 4.78 is 35.4. The molecule has 0 heterocycles. The van der Waals surface area contributed by atoms with Gasteiger partial charge in [-0.2, -0.15) is 5.26 Å². The highest BCUT2D eigenvalue weighted by molar-refractivity contribution is 5.73. The van der Waals surface area contributed by atoms with Crippen molar-refractivity contribution in [2.75, 3.05) is 13.7 Å². The molecule has 1 aromatic rings. The number of carbonyl (C=O) groups excluding carboxylic acids is 1. The summed E-state index contributed by atoms with van der Waals surface area (Å²) in [5.41, 5.74) is -0.337. The Morgan fingerprint density at radius 3 is 2.63 bits per heavy atom. The second-order valence-corrected chi connectivity index (χ2v) is 3.66. The normalized spacial score (nSPS) is 10.1. The van der Waals surface area contributed by atoms with E-state index in [2.05, 4.69) is 0 Å². The summed E-state index contributed by atoms with van der Waals surface area (Å²) >= 11 is 0. The van der Waals surface area contributed by atoms with Crippen molar-refractivity contribution in [1.82, 2.24) is 0 Å². The highest BCUT2D eigenvalue weighted by Crippen LogP contribution is 2.31. The molecule has 0 saturated carbocycles. The molecule has 0 fully saturated rings. The van der Waals surface area contributed by atoms with Crippen LogP contribution in [0.2, 0.25) is 0 Å². The summed E-state index contributed by atoms with van der Waals surface area (Å²) in [5.74, 6) is -0.492. The maximum Gasteiger partial charge on any atom is 0.310 e. The first-order valence-corrected chi connectivity index (χ1v) is 5.58. The van der Waals surface area contributed by atoms with E-state index in [1.807, 2.05) is 0 Å². The van der Waals surface area contributed by atoms with Crippen LogP contribution in [-0.2, 0) is 16.0 Å². The number of benzene rings is 1. The molecule has 4 nitrogen and oxygen atoms in total. The molecular weight excluding hydrogens is 256 g/mol. The molecular formula is C13H13F2NO3. The molecule has 6 heteroatoms. The molecule has 0 amide bonds. The minimum absolute atomic E-state index is 0.0274. The number of nitriles is 1. The van der Waals surface area contributed by atoms with E-state index in [4.69, 9.17) is 14.7 Å². The van der Waals surface area contributed by atoms with Gasteiger partial charge in [-0.3, -0.25) is 4.79 Å². The number of carbonyl (C=O) groups is 1. The largest absolute Gasteiger partial charge is 0.495 e. The maximum atomic E-state index is 12.9. The maximum absolute atomic E-state index is 12.9. The molecule has 0 atom stereocenters. The van der Waals surface area contributed by atoms with Gasteiger partial charge < -0.3 is 9.47 Å². The van der Waals surface area contributed by atoms with Crippen LogP contribution in [0.1, 0.15) is 30.0 Å². The monoisotopic (exact) mass is 269 g/mol. The number of alkyl halides is 2. The van der Waals surface area contributed by atoms with Gasteiger partial charge in [0.2, 0.25) is 0 Å². The number of methoxy groups -OCH3 is 1. The van der Waals surface area contributed by atoms with Crippen LogP contribution in [-0.4, -0.2) is 19.7 Å². The van der Waals surface area contributed by atoms with E-state index in [1.165, 1.54) is 13.2 Å². The first-order valence-electron chi connectivity index (χ1n) is 5.58. The molecule has 0 bridgehead atoms. The van der Waals surface area contributed by atoms with Gasteiger partial charge in [0.25, 0.3) is 6.43 Å². The van der Waals surface area contributed by atoms with Crippen molar-refractivity contribution < 1.29 is 23.0 Å². The zero-order chi connectivity index (χ0) is 14.4. The summed E-state index contributed by atoms with van der Waals surface area (Å²) in [6.07, 6.45) is -2.96. The lowest BCUT2D eigenvalue weighted by atomic mass is 10.0. The van der Waals surface area contributed by atoms with Crippen molar-refractivity contribution in [2.24, 2.45) is 0 Å². The van der Waals surface area contributed by atoms with Crippen molar-refractivity contribution in [2.45, 2.75) is 19.8 Å². The highest BCUT2D eigenvalue weighted by Gasteiger charge is 2.19. The van der Waals surface area contributed by atoms with Gasteiger partial charge in [0.15, 0.2) is 0 Å². The molecule has 0 spiro atoms. The topological polar surface area (TPSA) is 59.3 Å². The molecule has 102 valence electrons. The molecule has 0 aliphatic heterocycles. The summed E-state index contributed by atoms with van der Waals surface area (Å²) in [7, 11) is 1.28. The van der Waals surface area contributed by atoms with Crippen LogP contribution in [0, 0.1) is 11.3 Å². The molecule has 0 saturated heterocycles. The van der Waals surface area contributed by atoms with Crippen LogP contribution in [0.15, 0.2) is 12.1 Å². The molecule has 1 rings (SSSR count). The predicted octanol–water partition coefficient (Wildman–Crippen LogP) is 2.61. The van der Waals surface area contributed by atoms with Gasteiger partial charge in [0.1, 0.15) is 17.4 Å². The second kappa shape index (κ2) is 6.69. The molecule has 0 aliphatic rings. The number of esters is 1. The number of hydrogen-bond donors (Lipinski definition) is 0. The van der Waals surface area contributed by atoms with Crippen LogP contribution >= 0.6 is 0 Å². The summed E-state index contributed by atoms with van der Waals surface area (Å²) in [5, 5.41) is 8.88. The molecule has 0 N–H and O–H groups in total. The van der Waals surface area contributed by atoms with Crippen molar-refractivity contribution in [3.63, 3.8) is 0 Å². The Balaban J connectivity index is 3.18. The third-order valence-electron chi connectivity index (χ3n) is 2.41. The Morgan fingerprint density at radius 2 is 2.16 bits per heavy atom. The fraction of sp³-hybridized carbons (Fsp3) is 0.385. The van der Waals surface area contributed by atoms with Crippen LogP contribution in [0.25, 0.3) is 0 Å². The third kappa shape index (κ3) is 3.65. The van der Waals surface area contributed by atoms with Crippen LogP contribution < -0.4 is 4.74 Å². The number of halogens is 2. The lowest BCUT2D eigenvalue weighted by Crippen LogP contribution is -2.08. The Labute approximate surface area is 109 Å². The molecule has 0 radical (unpaired) electrons. The minimum atomic E-state index is -2.81. The predicted molar refractivity (Wildman–Crippen MR) is 63.0 cm³/mol. The van der Waals surface area contributed by atoms with Crippen molar-refractivity contribution >= 4 is 5.97 Å². The minimum Gasteiger partial charge on any atom is -0.495 e. The fourth-order valence-corrected chi connectivity index (χ4v) is 1.63. The van der Waals surface area contributed by atoms with E-state index in [0.29, 0.717) is 5.56 Å². The van der Waals surface area contributed by atoms with Gasteiger partial charge in [0.05, 0.1) is 20.1 Å². The third-order valence-corrected chi connectivity index (χ3v) is 2.41. The zero-order valence-electron chi connectivity index (χ0n) is 10.6. The molecule has 0 aromatic heterocycles. The van der Waals surface area contributed by atoms with E-state index in [9.17, 15) is 13.6 Å². The molecule has 0 unspecified atom stereocenters. The summed E-state index contributed by atoms with van der Waals surface area (Å²) in [4.78, 5) is 11.3. The molecule has 19 heavy (non-hydrogen) atoms. The molecule has 0 aliphatic carbocycles. The average Bonchev–Trinajstić information content (AvgIpc) is 2.37. The van der Waals surface area contributed by atoms with Crippen LogP contribution in [0.3, 0.4) is 0 Å². The number of hydrogen-bond acceptors (Lipinski definition) is 4. The Morgan fingerprint density at radius 1 is 1.47 bits per heavy atom. The Kier molecular flexibility index (Phi) is 5.24. The van der Waals surface area contributed by atoms with Gasteiger partial charge in [-0.15, -0.1) is 0 Å². The van der Waals surface area contributed by atoms with Crippen LogP contribution in [0.4, 0.5) is 8.78 Å². The number of nitrogens with zero attached hydrogens (tertiary/aromatic N) is 1. The smallest absolute Gasteiger partial charge is 0.310 e. The van der Waals surface area contributed by atoms with E-state index in [1.54, 1.807) is 13.0 Å². The lowest BCUT2D eigenvalue weighted by Gasteiger charge is -2.11. The standard InChI is InChI=1S/C13H13F2NO3/c1-3-19-12(17)6-8-4-9(13(14)15)10(7-16)11(5-8)18-2/h4-5,13H,3,6H2,1-2H3. The number of rotatable bonds is 5. The first-order chi connectivity index (χ1) is 9.03. The van der Waals surface area contributed by atoms with Crippen molar-refractivity contribution in [1.29, 1.82) is 5.26 Å². The van der Waals surface area contributed by atoms with E-state index >= 15 is 0 Å². The van der Waals surface area contributed by atoms with Gasteiger partial charge in [-0.05, 0) is 24.6 Å². The lowest BCUT2D eigenvalue weighted by molar-refractivity contribution is -0.142.